The van der Waals surface area contributed by atoms with Crippen LogP contribution in [0.15, 0.2) is 30.3 Å². The van der Waals surface area contributed by atoms with E-state index < -0.39 is 24.0 Å². The number of anilines is 1. The van der Waals surface area contributed by atoms with Gasteiger partial charge < -0.3 is 10.1 Å². The summed E-state index contributed by atoms with van der Waals surface area (Å²) in [4.78, 5) is 37.7. The van der Waals surface area contributed by atoms with Crippen molar-refractivity contribution in [2.24, 2.45) is 5.92 Å². The molecular weight excluding hydrogens is 260 g/mol. The van der Waals surface area contributed by atoms with Crippen LogP contribution in [0, 0.1) is 5.92 Å². The van der Waals surface area contributed by atoms with Gasteiger partial charge in [-0.15, -0.1) is 0 Å². The maximum atomic E-state index is 12.3. The SMILES string of the molecule is COC(=O)[C@H]1C[C@H]2NC(=O)[C@@H]1N(c1ccccc1)C2=O. The molecule has 0 radical (unpaired) electrons. The number of ether oxygens (including phenoxy) is 1. The van der Waals surface area contributed by atoms with Crippen molar-refractivity contribution < 1.29 is 19.1 Å². The molecule has 3 aliphatic rings. The summed E-state index contributed by atoms with van der Waals surface area (Å²) in [7, 11) is 1.29. The van der Waals surface area contributed by atoms with Crippen molar-refractivity contribution in [2.45, 2.75) is 18.5 Å². The molecule has 3 atom stereocenters. The zero-order chi connectivity index (χ0) is 14.3. The summed E-state index contributed by atoms with van der Waals surface area (Å²) < 4.78 is 4.75. The third-order valence-corrected chi connectivity index (χ3v) is 3.81. The number of para-hydroxylation sites is 1. The highest BCUT2D eigenvalue weighted by atomic mass is 16.5. The molecule has 2 bridgehead atoms. The normalized spacial score (nSPS) is 28.2. The van der Waals surface area contributed by atoms with E-state index in [0.29, 0.717) is 12.1 Å². The number of carbonyl (C=O) groups is 3. The van der Waals surface area contributed by atoms with Gasteiger partial charge in [0, 0.05) is 5.69 Å². The maximum Gasteiger partial charge on any atom is 0.311 e. The van der Waals surface area contributed by atoms with Gasteiger partial charge in [0.2, 0.25) is 11.8 Å². The van der Waals surface area contributed by atoms with E-state index in [1.807, 2.05) is 6.07 Å². The first-order chi connectivity index (χ1) is 9.63. The Morgan fingerprint density at radius 3 is 2.65 bits per heavy atom. The van der Waals surface area contributed by atoms with Crippen molar-refractivity contribution >= 4 is 23.5 Å². The third-order valence-electron chi connectivity index (χ3n) is 3.81. The summed E-state index contributed by atoms with van der Waals surface area (Å²) in [6.45, 7) is 0. The highest BCUT2D eigenvalue weighted by Gasteiger charge is 2.54. The van der Waals surface area contributed by atoms with Crippen molar-refractivity contribution in [1.29, 1.82) is 0 Å². The Morgan fingerprint density at radius 1 is 1.30 bits per heavy atom. The quantitative estimate of drug-likeness (QED) is 0.775. The van der Waals surface area contributed by atoms with Gasteiger partial charge in [0.25, 0.3) is 0 Å². The van der Waals surface area contributed by atoms with Crippen LogP contribution in [0.25, 0.3) is 0 Å². The van der Waals surface area contributed by atoms with Crippen molar-refractivity contribution in [3.05, 3.63) is 30.3 Å². The number of fused-ring (bicyclic) bond motifs is 3. The molecule has 4 rings (SSSR count). The van der Waals surface area contributed by atoms with Gasteiger partial charge in [0.05, 0.1) is 13.0 Å². The lowest BCUT2D eigenvalue weighted by molar-refractivity contribution is -0.154. The first-order valence-corrected chi connectivity index (χ1v) is 6.40. The molecule has 2 amide bonds. The smallest absolute Gasteiger partial charge is 0.311 e. The average molecular weight is 274 g/mol. The molecule has 0 spiro atoms. The molecule has 0 aliphatic carbocycles. The van der Waals surface area contributed by atoms with E-state index in [1.54, 1.807) is 24.3 Å². The van der Waals surface area contributed by atoms with E-state index in [9.17, 15) is 14.4 Å². The predicted octanol–water partition coefficient (Wildman–Crippen LogP) is 0.0795. The van der Waals surface area contributed by atoms with Crippen LogP contribution in [0.4, 0.5) is 5.69 Å². The molecular formula is C14H14N2O4. The van der Waals surface area contributed by atoms with Crippen molar-refractivity contribution in [2.75, 3.05) is 12.0 Å². The van der Waals surface area contributed by atoms with Gasteiger partial charge in [0.1, 0.15) is 12.1 Å². The Hall–Kier alpha value is -2.37. The zero-order valence-electron chi connectivity index (χ0n) is 10.9. The van der Waals surface area contributed by atoms with Crippen LogP contribution in [0.5, 0.6) is 0 Å². The van der Waals surface area contributed by atoms with Gasteiger partial charge in [-0.3, -0.25) is 19.3 Å². The monoisotopic (exact) mass is 274 g/mol. The number of methoxy groups -OCH3 is 1. The second-order valence-electron chi connectivity index (χ2n) is 4.92. The van der Waals surface area contributed by atoms with E-state index >= 15 is 0 Å². The number of hydrogen-bond acceptors (Lipinski definition) is 4. The molecule has 3 fully saturated rings. The summed E-state index contributed by atoms with van der Waals surface area (Å²) in [6, 6.07) is 7.42. The van der Waals surface area contributed by atoms with Gasteiger partial charge in [-0.25, -0.2) is 0 Å². The summed E-state index contributed by atoms with van der Waals surface area (Å²) in [6.07, 6.45) is 0.297. The van der Waals surface area contributed by atoms with E-state index in [-0.39, 0.29) is 11.8 Å². The van der Waals surface area contributed by atoms with Crippen LogP contribution in [-0.4, -0.2) is 37.0 Å². The molecule has 3 saturated heterocycles. The van der Waals surface area contributed by atoms with Crippen LogP contribution in [0.1, 0.15) is 6.42 Å². The van der Waals surface area contributed by atoms with Gasteiger partial charge in [-0.1, -0.05) is 18.2 Å². The minimum absolute atomic E-state index is 0.180. The van der Waals surface area contributed by atoms with Crippen LogP contribution in [-0.2, 0) is 19.1 Å². The van der Waals surface area contributed by atoms with Gasteiger partial charge in [-0.2, -0.15) is 0 Å². The first-order valence-electron chi connectivity index (χ1n) is 6.40. The Balaban J connectivity index is 2.03. The third kappa shape index (κ3) is 1.76. The van der Waals surface area contributed by atoms with Gasteiger partial charge in [-0.05, 0) is 18.6 Å². The molecule has 0 saturated carbocycles. The Labute approximate surface area is 115 Å². The van der Waals surface area contributed by atoms with E-state index in [4.69, 9.17) is 4.74 Å². The number of esters is 1. The number of carbonyl (C=O) groups excluding carboxylic acids is 3. The average Bonchev–Trinajstić information content (AvgIpc) is 2.48. The minimum Gasteiger partial charge on any atom is -0.469 e. The topological polar surface area (TPSA) is 75.7 Å². The first kappa shape index (κ1) is 12.7. The predicted molar refractivity (Wildman–Crippen MR) is 69.8 cm³/mol. The van der Waals surface area contributed by atoms with Gasteiger partial charge in [0.15, 0.2) is 0 Å². The maximum absolute atomic E-state index is 12.3. The molecule has 1 N–H and O–H groups in total. The second-order valence-corrected chi connectivity index (χ2v) is 4.92. The largest absolute Gasteiger partial charge is 0.469 e. The van der Waals surface area contributed by atoms with E-state index in [1.165, 1.54) is 12.0 Å². The summed E-state index contributed by atoms with van der Waals surface area (Å²) in [5.74, 6) is -1.55. The van der Waals surface area contributed by atoms with E-state index in [0.717, 1.165) is 0 Å². The van der Waals surface area contributed by atoms with Gasteiger partial charge >= 0.3 is 5.97 Å². The lowest BCUT2D eigenvalue weighted by Gasteiger charge is -2.47. The lowest BCUT2D eigenvalue weighted by Crippen LogP contribution is -2.72. The Kier molecular flexibility index (Phi) is 2.93. The van der Waals surface area contributed by atoms with E-state index in [2.05, 4.69) is 5.32 Å². The minimum atomic E-state index is -0.831. The molecule has 1 aromatic carbocycles. The summed E-state index contributed by atoms with van der Waals surface area (Å²) in [5, 5.41) is 2.64. The van der Waals surface area contributed by atoms with Crippen LogP contribution < -0.4 is 10.2 Å². The molecule has 3 heterocycles. The summed E-state index contributed by atoms with van der Waals surface area (Å²) >= 11 is 0. The second kappa shape index (κ2) is 4.63. The molecule has 20 heavy (non-hydrogen) atoms. The fraction of sp³-hybridized carbons (Fsp3) is 0.357. The fourth-order valence-corrected chi connectivity index (χ4v) is 2.90. The highest BCUT2D eigenvalue weighted by Crippen LogP contribution is 2.34. The van der Waals surface area contributed by atoms with Crippen LogP contribution in [0.2, 0.25) is 0 Å². The highest BCUT2D eigenvalue weighted by molar-refractivity contribution is 6.11. The molecule has 104 valence electrons. The van der Waals surface area contributed by atoms with Crippen molar-refractivity contribution in [3.63, 3.8) is 0 Å². The molecule has 6 heteroatoms. The number of nitrogens with zero attached hydrogens (tertiary/aromatic N) is 1. The molecule has 1 aromatic rings. The number of piperidine rings is 2. The fourth-order valence-electron chi connectivity index (χ4n) is 2.90. The Bertz CT molecular complexity index is 572. The number of rotatable bonds is 2. The standard InChI is InChI=1S/C14H14N2O4/c1-20-14(19)9-7-10-13(18)16(11(9)12(17)15-10)8-5-3-2-4-6-8/h2-6,9-11H,7H2,1H3,(H,15,17)/t9-,10+,11+/m0/s1. The zero-order valence-corrected chi connectivity index (χ0v) is 10.9. The lowest BCUT2D eigenvalue weighted by atomic mass is 9.81. The van der Waals surface area contributed by atoms with Crippen molar-refractivity contribution in [1.82, 2.24) is 5.32 Å². The molecule has 0 unspecified atom stereocenters. The number of hydrogen-bond donors (Lipinski definition) is 1. The molecule has 6 nitrogen and oxygen atoms in total. The molecule has 3 aliphatic heterocycles. The van der Waals surface area contributed by atoms with Crippen molar-refractivity contribution in [3.8, 4) is 0 Å². The number of piperazine rings is 1. The van der Waals surface area contributed by atoms with Crippen LogP contribution >= 0.6 is 0 Å². The number of benzene rings is 1. The summed E-state index contributed by atoms with van der Waals surface area (Å²) in [5.41, 5.74) is 0.621. The molecule has 0 aromatic heterocycles. The number of nitrogens with one attached hydrogen (secondary N) is 1. The number of amides is 2. The van der Waals surface area contributed by atoms with Crippen LogP contribution in [0.3, 0.4) is 0 Å². The Morgan fingerprint density at radius 2 is 2.00 bits per heavy atom.